The first-order chi connectivity index (χ1) is 10.8. The van der Waals surface area contributed by atoms with Gasteiger partial charge in [-0.15, -0.1) is 0 Å². The van der Waals surface area contributed by atoms with Crippen molar-refractivity contribution in [1.82, 2.24) is 19.9 Å². The number of pyridine rings is 1. The van der Waals surface area contributed by atoms with Gasteiger partial charge in [-0.05, 0) is 25.0 Å². The maximum Gasteiger partial charge on any atom is 0.270 e. The van der Waals surface area contributed by atoms with E-state index in [2.05, 4.69) is 15.3 Å². The SMILES string of the molecule is COC1CCCCC1NC(=O)c1cc(-n2ccnc2)ccn1. The number of nitrogens with zero attached hydrogens (tertiary/aromatic N) is 3. The summed E-state index contributed by atoms with van der Waals surface area (Å²) in [4.78, 5) is 20.6. The first kappa shape index (κ1) is 14.7. The molecular formula is C16H20N4O2. The Hall–Kier alpha value is -2.21. The molecule has 6 nitrogen and oxygen atoms in total. The van der Waals surface area contributed by atoms with E-state index in [0.29, 0.717) is 5.69 Å². The molecule has 2 atom stereocenters. The topological polar surface area (TPSA) is 69.0 Å². The first-order valence-electron chi connectivity index (χ1n) is 7.56. The first-order valence-corrected chi connectivity index (χ1v) is 7.56. The van der Waals surface area contributed by atoms with Gasteiger partial charge >= 0.3 is 0 Å². The minimum Gasteiger partial charge on any atom is -0.379 e. The lowest BCUT2D eigenvalue weighted by Gasteiger charge is -2.30. The largest absolute Gasteiger partial charge is 0.379 e. The normalized spacial score (nSPS) is 21.5. The molecule has 1 aliphatic rings. The minimum atomic E-state index is -0.157. The predicted molar refractivity (Wildman–Crippen MR) is 81.9 cm³/mol. The molecule has 2 aromatic heterocycles. The zero-order valence-electron chi connectivity index (χ0n) is 12.6. The lowest BCUT2D eigenvalue weighted by molar-refractivity contribution is 0.0391. The Morgan fingerprint density at radius 2 is 2.23 bits per heavy atom. The summed E-state index contributed by atoms with van der Waals surface area (Å²) in [5, 5.41) is 3.06. The summed E-state index contributed by atoms with van der Waals surface area (Å²) in [6.45, 7) is 0. The quantitative estimate of drug-likeness (QED) is 0.937. The van der Waals surface area contributed by atoms with Gasteiger partial charge in [-0.3, -0.25) is 9.78 Å². The van der Waals surface area contributed by atoms with Crippen LogP contribution >= 0.6 is 0 Å². The van der Waals surface area contributed by atoms with Crippen molar-refractivity contribution < 1.29 is 9.53 Å². The van der Waals surface area contributed by atoms with Gasteiger partial charge in [0.05, 0.1) is 24.2 Å². The van der Waals surface area contributed by atoms with Gasteiger partial charge in [0.1, 0.15) is 5.69 Å². The third kappa shape index (κ3) is 3.17. The van der Waals surface area contributed by atoms with E-state index in [1.165, 1.54) is 0 Å². The van der Waals surface area contributed by atoms with Gasteiger partial charge in [0.15, 0.2) is 0 Å². The van der Waals surface area contributed by atoms with Crippen molar-refractivity contribution in [1.29, 1.82) is 0 Å². The number of methoxy groups -OCH3 is 1. The number of carbonyl (C=O) groups is 1. The van der Waals surface area contributed by atoms with Crippen molar-refractivity contribution in [2.75, 3.05) is 7.11 Å². The van der Waals surface area contributed by atoms with Crippen molar-refractivity contribution in [3.63, 3.8) is 0 Å². The smallest absolute Gasteiger partial charge is 0.270 e. The molecule has 116 valence electrons. The highest BCUT2D eigenvalue weighted by atomic mass is 16.5. The number of amides is 1. The van der Waals surface area contributed by atoms with Crippen LogP contribution < -0.4 is 5.32 Å². The van der Waals surface area contributed by atoms with Gasteiger partial charge in [0.25, 0.3) is 5.91 Å². The van der Waals surface area contributed by atoms with E-state index in [-0.39, 0.29) is 18.1 Å². The number of hydrogen-bond acceptors (Lipinski definition) is 4. The lowest BCUT2D eigenvalue weighted by Crippen LogP contribution is -2.46. The minimum absolute atomic E-state index is 0.0601. The second-order valence-corrected chi connectivity index (χ2v) is 5.51. The van der Waals surface area contributed by atoms with Crippen LogP contribution in [0.4, 0.5) is 0 Å². The fourth-order valence-corrected chi connectivity index (χ4v) is 2.90. The Labute approximate surface area is 129 Å². The monoisotopic (exact) mass is 300 g/mol. The Kier molecular flexibility index (Phi) is 4.48. The van der Waals surface area contributed by atoms with Gasteiger partial charge in [-0.1, -0.05) is 12.8 Å². The summed E-state index contributed by atoms with van der Waals surface area (Å²) in [5.41, 5.74) is 1.27. The second kappa shape index (κ2) is 6.70. The molecule has 2 heterocycles. The zero-order valence-corrected chi connectivity index (χ0v) is 12.6. The van der Waals surface area contributed by atoms with E-state index >= 15 is 0 Å². The summed E-state index contributed by atoms with van der Waals surface area (Å²) >= 11 is 0. The number of imidazole rings is 1. The highest BCUT2D eigenvalue weighted by molar-refractivity contribution is 5.93. The van der Waals surface area contributed by atoms with Gasteiger partial charge in [-0.25, -0.2) is 4.98 Å². The number of rotatable bonds is 4. The average Bonchev–Trinajstić information content (AvgIpc) is 3.10. The van der Waals surface area contributed by atoms with Gasteiger partial charge in [-0.2, -0.15) is 0 Å². The van der Waals surface area contributed by atoms with Crippen LogP contribution in [0, 0.1) is 0 Å². The summed E-state index contributed by atoms with van der Waals surface area (Å²) < 4.78 is 7.32. The molecule has 1 saturated carbocycles. The average molecular weight is 300 g/mol. The van der Waals surface area contributed by atoms with E-state index in [0.717, 1.165) is 31.4 Å². The molecule has 1 fully saturated rings. The number of hydrogen-bond donors (Lipinski definition) is 1. The van der Waals surface area contributed by atoms with E-state index in [1.54, 1.807) is 31.9 Å². The van der Waals surface area contributed by atoms with Crippen LogP contribution in [-0.4, -0.2) is 39.7 Å². The molecule has 0 spiro atoms. The van der Waals surface area contributed by atoms with Crippen LogP contribution in [0.25, 0.3) is 5.69 Å². The van der Waals surface area contributed by atoms with Crippen LogP contribution in [-0.2, 0) is 4.74 Å². The molecule has 2 aromatic rings. The molecule has 1 aliphatic carbocycles. The van der Waals surface area contributed by atoms with Crippen molar-refractivity contribution >= 4 is 5.91 Å². The molecule has 1 N–H and O–H groups in total. The van der Waals surface area contributed by atoms with E-state index in [9.17, 15) is 4.79 Å². The van der Waals surface area contributed by atoms with E-state index in [1.807, 2.05) is 16.8 Å². The summed E-state index contributed by atoms with van der Waals surface area (Å²) in [6.07, 6.45) is 11.2. The molecule has 0 bridgehead atoms. The number of carbonyl (C=O) groups excluding carboxylic acids is 1. The number of aromatic nitrogens is 3. The molecule has 22 heavy (non-hydrogen) atoms. The fourth-order valence-electron chi connectivity index (χ4n) is 2.90. The van der Waals surface area contributed by atoms with Crippen LogP contribution in [0.1, 0.15) is 36.2 Å². The van der Waals surface area contributed by atoms with E-state index < -0.39 is 0 Å². The molecule has 6 heteroatoms. The molecule has 0 radical (unpaired) electrons. The lowest BCUT2D eigenvalue weighted by atomic mass is 9.92. The molecule has 1 amide bonds. The summed E-state index contributed by atoms with van der Waals surface area (Å²) in [6, 6.07) is 3.67. The standard InChI is InChI=1S/C16H20N4O2/c1-22-15-5-3-2-4-13(15)19-16(21)14-10-12(6-7-18-14)20-9-8-17-11-20/h6-11,13,15H,2-5H2,1H3,(H,19,21). The fraction of sp³-hybridized carbons (Fsp3) is 0.438. The molecule has 0 saturated heterocycles. The van der Waals surface area contributed by atoms with Crippen molar-refractivity contribution in [3.8, 4) is 5.69 Å². The van der Waals surface area contributed by atoms with Crippen LogP contribution in [0.3, 0.4) is 0 Å². The second-order valence-electron chi connectivity index (χ2n) is 5.51. The summed E-state index contributed by atoms with van der Waals surface area (Å²) in [7, 11) is 1.70. The number of nitrogens with one attached hydrogen (secondary N) is 1. The Bertz CT molecular complexity index is 627. The van der Waals surface area contributed by atoms with Crippen molar-refractivity contribution in [3.05, 3.63) is 42.7 Å². The third-order valence-electron chi connectivity index (χ3n) is 4.10. The zero-order chi connectivity index (χ0) is 15.4. The van der Waals surface area contributed by atoms with Gasteiger partial charge < -0.3 is 14.6 Å². The van der Waals surface area contributed by atoms with E-state index in [4.69, 9.17) is 4.74 Å². The summed E-state index contributed by atoms with van der Waals surface area (Å²) in [5.74, 6) is -0.157. The highest BCUT2D eigenvalue weighted by Crippen LogP contribution is 2.21. The van der Waals surface area contributed by atoms with Crippen LogP contribution in [0.5, 0.6) is 0 Å². The molecule has 0 aliphatic heterocycles. The highest BCUT2D eigenvalue weighted by Gasteiger charge is 2.26. The Morgan fingerprint density at radius 1 is 1.36 bits per heavy atom. The maximum atomic E-state index is 12.4. The molecular weight excluding hydrogens is 280 g/mol. The molecule has 2 unspecified atom stereocenters. The Balaban J connectivity index is 1.73. The predicted octanol–water partition coefficient (Wildman–Crippen LogP) is 1.95. The van der Waals surface area contributed by atoms with Crippen molar-refractivity contribution in [2.24, 2.45) is 0 Å². The number of ether oxygens (including phenoxy) is 1. The van der Waals surface area contributed by atoms with Crippen LogP contribution in [0.15, 0.2) is 37.1 Å². The molecule has 3 rings (SSSR count). The van der Waals surface area contributed by atoms with Crippen molar-refractivity contribution in [2.45, 2.75) is 37.8 Å². The van der Waals surface area contributed by atoms with Gasteiger partial charge in [0, 0.05) is 25.7 Å². The third-order valence-corrected chi connectivity index (χ3v) is 4.10. The Morgan fingerprint density at radius 3 is 3.00 bits per heavy atom. The van der Waals surface area contributed by atoms with Crippen LogP contribution in [0.2, 0.25) is 0 Å². The van der Waals surface area contributed by atoms with Gasteiger partial charge in [0.2, 0.25) is 0 Å². The maximum absolute atomic E-state index is 12.4. The molecule has 0 aromatic carbocycles.